The monoisotopic (exact) mass is 565 g/mol. The van der Waals surface area contributed by atoms with E-state index in [2.05, 4.69) is 22.0 Å². The van der Waals surface area contributed by atoms with Gasteiger partial charge < -0.3 is 24.2 Å². The van der Waals surface area contributed by atoms with E-state index < -0.39 is 0 Å². The zero-order valence-electron chi connectivity index (χ0n) is 23.3. The van der Waals surface area contributed by atoms with Gasteiger partial charge in [0.2, 0.25) is 5.91 Å². The minimum absolute atomic E-state index is 0.0300. The van der Waals surface area contributed by atoms with Crippen LogP contribution in [0.1, 0.15) is 36.5 Å². The minimum atomic E-state index is -0.215. The van der Waals surface area contributed by atoms with Crippen molar-refractivity contribution < 1.29 is 19.1 Å². The molecule has 40 heavy (non-hydrogen) atoms. The summed E-state index contributed by atoms with van der Waals surface area (Å²) in [5, 5.41) is 9.32. The molecule has 1 aliphatic heterocycles. The number of amides is 2. The fourth-order valence-electron chi connectivity index (χ4n) is 4.71. The molecule has 2 amide bonds. The molecular weight excluding hydrogens is 530 g/mol. The number of unbranched alkanes of at least 4 members (excludes halogenated alkanes) is 1. The van der Waals surface area contributed by atoms with Crippen molar-refractivity contribution in [3.63, 3.8) is 0 Å². The van der Waals surface area contributed by atoms with Crippen molar-refractivity contribution in [2.75, 3.05) is 58.4 Å². The van der Waals surface area contributed by atoms with Gasteiger partial charge in [0.1, 0.15) is 18.0 Å². The molecule has 0 unspecified atom stereocenters. The number of halogens is 1. The standard InChI is InChI=1S/C30H36ClN5O4/c1-4-5-15-36(30(38)23-9-6-7-10-25(23)31)21-29(37)35-17-8-16-34(18-19-35)28-14-13-26(32-33-28)24-12-11-22(39-2)20-27(24)40-3/h6-7,9-14,20H,4-5,8,15-19,21H2,1-3H3. The lowest BCUT2D eigenvalue weighted by molar-refractivity contribution is -0.131. The number of hydrogen-bond donors (Lipinski definition) is 0. The van der Waals surface area contributed by atoms with Crippen LogP contribution in [0.5, 0.6) is 11.5 Å². The van der Waals surface area contributed by atoms with E-state index in [4.69, 9.17) is 21.1 Å². The maximum absolute atomic E-state index is 13.3. The highest BCUT2D eigenvalue weighted by Crippen LogP contribution is 2.32. The molecule has 4 rings (SSSR count). The maximum atomic E-state index is 13.3. The number of rotatable bonds is 10. The molecule has 0 atom stereocenters. The predicted octanol–water partition coefficient (Wildman–Crippen LogP) is 4.80. The Morgan fingerprint density at radius 1 is 0.975 bits per heavy atom. The maximum Gasteiger partial charge on any atom is 0.255 e. The molecule has 0 spiro atoms. The number of methoxy groups -OCH3 is 2. The smallest absolute Gasteiger partial charge is 0.255 e. The summed E-state index contributed by atoms with van der Waals surface area (Å²) in [7, 11) is 3.22. The van der Waals surface area contributed by atoms with Crippen LogP contribution < -0.4 is 14.4 Å². The minimum Gasteiger partial charge on any atom is -0.497 e. The molecule has 1 aliphatic rings. The summed E-state index contributed by atoms with van der Waals surface area (Å²) in [5.41, 5.74) is 1.95. The Labute approximate surface area is 240 Å². The SMILES string of the molecule is CCCCN(CC(=O)N1CCCN(c2ccc(-c3ccc(OC)cc3OC)nn2)CC1)C(=O)c1ccccc1Cl. The molecule has 3 aromatic rings. The van der Waals surface area contributed by atoms with E-state index in [9.17, 15) is 9.59 Å². The third-order valence-corrected chi connectivity index (χ3v) is 7.34. The van der Waals surface area contributed by atoms with Crippen molar-refractivity contribution in [1.29, 1.82) is 0 Å². The van der Waals surface area contributed by atoms with Crippen molar-refractivity contribution in [3.8, 4) is 22.8 Å². The van der Waals surface area contributed by atoms with Gasteiger partial charge >= 0.3 is 0 Å². The molecule has 1 aromatic heterocycles. The second-order valence-corrected chi connectivity index (χ2v) is 10.0. The largest absolute Gasteiger partial charge is 0.497 e. The number of aromatic nitrogens is 2. The molecule has 1 saturated heterocycles. The average molecular weight is 566 g/mol. The van der Waals surface area contributed by atoms with Crippen LogP contribution in [0.25, 0.3) is 11.3 Å². The van der Waals surface area contributed by atoms with Gasteiger partial charge in [-0.2, -0.15) is 0 Å². The second-order valence-electron chi connectivity index (χ2n) is 9.62. The highest BCUT2D eigenvalue weighted by atomic mass is 35.5. The molecule has 0 radical (unpaired) electrons. The van der Waals surface area contributed by atoms with Gasteiger partial charge in [-0.05, 0) is 49.2 Å². The van der Waals surface area contributed by atoms with E-state index in [0.29, 0.717) is 54.0 Å². The summed E-state index contributed by atoms with van der Waals surface area (Å²) >= 11 is 6.28. The van der Waals surface area contributed by atoms with Crippen LogP contribution in [0.4, 0.5) is 5.82 Å². The number of benzene rings is 2. The van der Waals surface area contributed by atoms with Gasteiger partial charge in [0.15, 0.2) is 5.82 Å². The van der Waals surface area contributed by atoms with Crippen LogP contribution in [0, 0.1) is 0 Å². The second kappa shape index (κ2) is 14.0. The highest BCUT2D eigenvalue weighted by molar-refractivity contribution is 6.33. The van der Waals surface area contributed by atoms with Gasteiger partial charge in [0.05, 0.1) is 30.5 Å². The molecule has 212 valence electrons. The van der Waals surface area contributed by atoms with Crippen molar-refractivity contribution in [2.45, 2.75) is 26.2 Å². The molecule has 2 heterocycles. The zero-order valence-corrected chi connectivity index (χ0v) is 24.1. The third kappa shape index (κ3) is 7.01. The Morgan fingerprint density at radius 2 is 1.80 bits per heavy atom. The number of carbonyl (C=O) groups is 2. The Hall–Kier alpha value is -3.85. The van der Waals surface area contributed by atoms with Crippen LogP contribution in [0.15, 0.2) is 54.6 Å². The quantitative estimate of drug-likeness (QED) is 0.349. The molecule has 1 fully saturated rings. The lowest BCUT2D eigenvalue weighted by atomic mass is 10.1. The summed E-state index contributed by atoms with van der Waals surface area (Å²) in [6, 6.07) is 16.4. The summed E-state index contributed by atoms with van der Waals surface area (Å²) in [6.07, 6.45) is 2.52. The van der Waals surface area contributed by atoms with E-state index in [1.807, 2.05) is 35.2 Å². The van der Waals surface area contributed by atoms with Gasteiger partial charge in [-0.1, -0.05) is 37.1 Å². The van der Waals surface area contributed by atoms with Gasteiger partial charge in [-0.25, -0.2) is 0 Å². The van der Waals surface area contributed by atoms with Crippen molar-refractivity contribution in [3.05, 3.63) is 65.2 Å². The summed E-state index contributed by atoms with van der Waals surface area (Å²) in [4.78, 5) is 32.2. The fourth-order valence-corrected chi connectivity index (χ4v) is 4.93. The molecule has 10 heteroatoms. The van der Waals surface area contributed by atoms with E-state index in [0.717, 1.165) is 37.2 Å². The van der Waals surface area contributed by atoms with Crippen molar-refractivity contribution in [2.24, 2.45) is 0 Å². The van der Waals surface area contributed by atoms with Gasteiger partial charge in [0.25, 0.3) is 5.91 Å². The molecule has 0 bridgehead atoms. The number of carbonyl (C=O) groups excluding carboxylic acids is 2. The number of ether oxygens (including phenoxy) is 2. The summed E-state index contributed by atoms with van der Waals surface area (Å²) in [5.74, 6) is 1.84. The van der Waals surface area contributed by atoms with E-state index in [-0.39, 0.29) is 18.4 Å². The first-order chi connectivity index (χ1) is 19.4. The van der Waals surface area contributed by atoms with Crippen LogP contribution in [-0.2, 0) is 4.79 Å². The van der Waals surface area contributed by atoms with E-state index in [1.165, 1.54) is 0 Å². The van der Waals surface area contributed by atoms with Crippen molar-refractivity contribution >= 4 is 29.2 Å². The number of nitrogens with zero attached hydrogens (tertiary/aromatic N) is 5. The molecule has 0 saturated carbocycles. The third-order valence-electron chi connectivity index (χ3n) is 7.01. The Bertz CT molecular complexity index is 1300. The first kappa shape index (κ1) is 29.1. The first-order valence-corrected chi connectivity index (χ1v) is 14.0. The molecule has 2 aromatic carbocycles. The first-order valence-electron chi connectivity index (χ1n) is 13.6. The number of anilines is 1. The highest BCUT2D eigenvalue weighted by Gasteiger charge is 2.25. The Balaban J connectivity index is 1.40. The molecular formula is C30H36ClN5O4. The predicted molar refractivity (Wildman–Crippen MR) is 156 cm³/mol. The van der Waals surface area contributed by atoms with E-state index in [1.54, 1.807) is 43.4 Å². The zero-order chi connectivity index (χ0) is 28.5. The summed E-state index contributed by atoms with van der Waals surface area (Å²) in [6.45, 7) is 5.13. The molecule has 0 N–H and O–H groups in total. The fraction of sp³-hybridized carbons (Fsp3) is 0.400. The lowest BCUT2D eigenvalue weighted by Gasteiger charge is -2.27. The van der Waals surface area contributed by atoms with Gasteiger partial charge in [-0.3, -0.25) is 9.59 Å². The molecule has 9 nitrogen and oxygen atoms in total. The molecule has 0 aliphatic carbocycles. The van der Waals surface area contributed by atoms with Crippen LogP contribution in [0.2, 0.25) is 5.02 Å². The van der Waals surface area contributed by atoms with Crippen LogP contribution >= 0.6 is 11.6 Å². The topological polar surface area (TPSA) is 88.1 Å². The Morgan fingerprint density at radius 3 is 2.50 bits per heavy atom. The van der Waals surface area contributed by atoms with Crippen molar-refractivity contribution in [1.82, 2.24) is 20.0 Å². The van der Waals surface area contributed by atoms with Crippen LogP contribution in [0.3, 0.4) is 0 Å². The normalized spacial score (nSPS) is 13.5. The van der Waals surface area contributed by atoms with Crippen LogP contribution in [-0.4, -0.2) is 85.3 Å². The Kier molecular flexibility index (Phi) is 10.2. The van der Waals surface area contributed by atoms with E-state index >= 15 is 0 Å². The van der Waals surface area contributed by atoms with Gasteiger partial charge in [-0.15, -0.1) is 10.2 Å². The number of hydrogen-bond acceptors (Lipinski definition) is 7. The summed E-state index contributed by atoms with van der Waals surface area (Å²) < 4.78 is 10.8. The lowest BCUT2D eigenvalue weighted by Crippen LogP contribution is -2.44. The van der Waals surface area contributed by atoms with Gasteiger partial charge in [0, 0.05) is 44.4 Å². The average Bonchev–Trinajstić information content (AvgIpc) is 3.25.